The van der Waals surface area contributed by atoms with Crippen LogP contribution in [-0.4, -0.2) is 25.2 Å². The molecule has 0 atom stereocenters. The first-order chi connectivity index (χ1) is 14.9. The molecule has 3 heterocycles. The molecule has 0 aliphatic carbocycles. The first kappa shape index (κ1) is 19.6. The maximum absolute atomic E-state index is 13.5. The summed E-state index contributed by atoms with van der Waals surface area (Å²) in [4.78, 5) is 33.3. The summed E-state index contributed by atoms with van der Waals surface area (Å²) >= 11 is 6.05. The number of rotatable bonds is 3. The van der Waals surface area contributed by atoms with Crippen molar-refractivity contribution in [1.82, 2.24) is 18.7 Å². The fourth-order valence-electron chi connectivity index (χ4n) is 4.26. The molecule has 5 rings (SSSR count). The van der Waals surface area contributed by atoms with Crippen molar-refractivity contribution in [2.24, 2.45) is 7.05 Å². The molecule has 158 valence electrons. The zero-order valence-electron chi connectivity index (χ0n) is 17.4. The van der Waals surface area contributed by atoms with E-state index in [2.05, 4.69) is 4.90 Å². The van der Waals surface area contributed by atoms with E-state index in [-0.39, 0.29) is 17.8 Å². The number of aromatic nitrogens is 4. The van der Waals surface area contributed by atoms with Gasteiger partial charge in [-0.05, 0) is 43.2 Å². The second-order valence-corrected chi connectivity index (χ2v) is 8.38. The Bertz CT molecular complexity index is 1420. The third-order valence-electron chi connectivity index (χ3n) is 5.78. The van der Waals surface area contributed by atoms with Crippen LogP contribution in [0.3, 0.4) is 0 Å². The summed E-state index contributed by atoms with van der Waals surface area (Å²) in [6, 6.07) is 15.4. The average molecular weight is 436 g/mol. The molecule has 0 saturated heterocycles. The van der Waals surface area contributed by atoms with E-state index in [1.807, 2.05) is 60.0 Å². The first-order valence-corrected chi connectivity index (χ1v) is 10.6. The Balaban J connectivity index is 1.69. The van der Waals surface area contributed by atoms with Crippen molar-refractivity contribution >= 4 is 34.4 Å². The van der Waals surface area contributed by atoms with E-state index >= 15 is 0 Å². The van der Waals surface area contributed by atoms with Crippen molar-refractivity contribution < 1.29 is 0 Å². The monoisotopic (exact) mass is 435 g/mol. The highest BCUT2D eigenvalue weighted by Gasteiger charge is 2.27. The molecule has 0 spiro atoms. The molecule has 0 fully saturated rings. The van der Waals surface area contributed by atoms with E-state index in [4.69, 9.17) is 16.6 Å². The minimum atomic E-state index is -0.368. The van der Waals surface area contributed by atoms with Gasteiger partial charge in [0.05, 0.1) is 6.54 Å². The Morgan fingerprint density at radius 1 is 1.06 bits per heavy atom. The Kier molecular flexibility index (Phi) is 4.70. The number of nitrogens with zero attached hydrogens (tertiary/aromatic N) is 5. The first-order valence-electron chi connectivity index (χ1n) is 10.2. The van der Waals surface area contributed by atoms with Crippen LogP contribution in [0.25, 0.3) is 11.2 Å². The van der Waals surface area contributed by atoms with E-state index in [1.54, 1.807) is 7.05 Å². The Morgan fingerprint density at radius 3 is 2.58 bits per heavy atom. The molecule has 2 aromatic heterocycles. The number of halogens is 1. The molecular formula is C23H22ClN5O2. The van der Waals surface area contributed by atoms with Crippen LogP contribution in [0.2, 0.25) is 5.02 Å². The number of anilines is 2. The van der Waals surface area contributed by atoms with Crippen molar-refractivity contribution in [3.63, 3.8) is 0 Å². The second-order valence-electron chi connectivity index (χ2n) is 7.94. The van der Waals surface area contributed by atoms with Crippen LogP contribution in [-0.2, 0) is 20.1 Å². The van der Waals surface area contributed by atoms with E-state index in [9.17, 15) is 9.59 Å². The summed E-state index contributed by atoms with van der Waals surface area (Å²) in [5.41, 5.74) is 3.15. The fourth-order valence-corrected chi connectivity index (χ4v) is 4.39. The third-order valence-corrected chi connectivity index (χ3v) is 6.03. The summed E-state index contributed by atoms with van der Waals surface area (Å²) in [6.07, 6.45) is 0.862. The van der Waals surface area contributed by atoms with Gasteiger partial charge in [-0.2, -0.15) is 4.98 Å². The van der Waals surface area contributed by atoms with Gasteiger partial charge in [-0.3, -0.25) is 13.9 Å². The number of benzene rings is 2. The SMILES string of the molecule is Cc1cccc(Cn2c(=O)c3c(nc4n3CCCN4c3ccc(Cl)cc3)n(C)c2=O)c1. The average Bonchev–Trinajstić information content (AvgIpc) is 3.16. The van der Waals surface area contributed by atoms with E-state index < -0.39 is 0 Å². The zero-order chi connectivity index (χ0) is 21.7. The lowest BCUT2D eigenvalue weighted by Gasteiger charge is -2.29. The predicted molar refractivity (Wildman–Crippen MR) is 123 cm³/mol. The summed E-state index contributed by atoms with van der Waals surface area (Å²) < 4.78 is 4.70. The number of fused-ring (bicyclic) bond motifs is 3. The van der Waals surface area contributed by atoms with Crippen molar-refractivity contribution in [2.45, 2.75) is 26.4 Å². The van der Waals surface area contributed by atoms with Gasteiger partial charge in [-0.15, -0.1) is 0 Å². The van der Waals surface area contributed by atoms with Gasteiger partial charge in [0.15, 0.2) is 11.2 Å². The molecule has 7 nitrogen and oxygen atoms in total. The number of hydrogen-bond acceptors (Lipinski definition) is 4. The van der Waals surface area contributed by atoms with Crippen molar-refractivity contribution in [3.8, 4) is 0 Å². The van der Waals surface area contributed by atoms with Crippen LogP contribution in [0, 0.1) is 6.92 Å². The topological polar surface area (TPSA) is 65.1 Å². The molecule has 1 aliphatic rings. The van der Waals surface area contributed by atoms with Gasteiger partial charge < -0.3 is 9.47 Å². The van der Waals surface area contributed by atoms with Gasteiger partial charge in [-0.1, -0.05) is 41.4 Å². The predicted octanol–water partition coefficient (Wildman–Crippen LogP) is 3.45. The fraction of sp³-hybridized carbons (Fsp3) is 0.261. The Labute approximate surface area is 183 Å². The summed E-state index contributed by atoms with van der Waals surface area (Å²) in [5, 5.41) is 0.663. The van der Waals surface area contributed by atoms with Crippen molar-refractivity contribution in [3.05, 3.63) is 85.5 Å². The largest absolute Gasteiger partial charge is 0.332 e. The van der Waals surface area contributed by atoms with Gasteiger partial charge in [-0.25, -0.2) is 4.79 Å². The molecular weight excluding hydrogens is 414 g/mol. The normalized spacial score (nSPS) is 13.6. The second kappa shape index (κ2) is 7.42. The van der Waals surface area contributed by atoms with Crippen LogP contribution in [0.1, 0.15) is 17.5 Å². The molecule has 31 heavy (non-hydrogen) atoms. The van der Waals surface area contributed by atoms with Gasteiger partial charge >= 0.3 is 5.69 Å². The minimum Gasteiger partial charge on any atom is -0.312 e. The lowest BCUT2D eigenvalue weighted by Crippen LogP contribution is -2.40. The maximum atomic E-state index is 13.5. The van der Waals surface area contributed by atoms with Crippen LogP contribution >= 0.6 is 11.6 Å². The van der Waals surface area contributed by atoms with Gasteiger partial charge in [0.2, 0.25) is 5.95 Å². The zero-order valence-corrected chi connectivity index (χ0v) is 18.1. The van der Waals surface area contributed by atoms with Crippen LogP contribution < -0.4 is 16.1 Å². The van der Waals surface area contributed by atoms with Gasteiger partial charge in [0.25, 0.3) is 5.56 Å². The molecule has 0 saturated carbocycles. The van der Waals surface area contributed by atoms with E-state index in [0.717, 1.165) is 29.8 Å². The molecule has 0 bridgehead atoms. The molecule has 2 aromatic carbocycles. The lowest BCUT2D eigenvalue weighted by molar-refractivity contribution is 0.597. The lowest BCUT2D eigenvalue weighted by atomic mass is 10.1. The molecule has 0 unspecified atom stereocenters. The number of hydrogen-bond donors (Lipinski definition) is 0. The van der Waals surface area contributed by atoms with Gasteiger partial charge in [0.1, 0.15) is 0 Å². The quantitative estimate of drug-likeness (QED) is 0.494. The minimum absolute atomic E-state index is 0.227. The van der Waals surface area contributed by atoms with Crippen molar-refractivity contribution in [1.29, 1.82) is 0 Å². The van der Waals surface area contributed by atoms with E-state index in [1.165, 1.54) is 9.13 Å². The van der Waals surface area contributed by atoms with Crippen LogP contribution in [0.5, 0.6) is 0 Å². The summed E-state index contributed by atoms with van der Waals surface area (Å²) in [5.74, 6) is 0.670. The highest BCUT2D eigenvalue weighted by Crippen LogP contribution is 2.31. The van der Waals surface area contributed by atoms with Crippen molar-refractivity contribution in [2.75, 3.05) is 11.4 Å². The standard InChI is InChI=1S/C23H22ClN5O2/c1-15-5-3-6-16(13-15)14-29-21(30)19-20(26(2)23(29)31)25-22-27(11-4-12-28(19)22)18-9-7-17(24)8-10-18/h3,5-10,13H,4,11-12,14H2,1-2H3. The molecule has 0 amide bonds. The third kappa shape index (κ3) is 3.25. The molecule has 0 radical (unpaired) electrons. The van der Waals surface area contributed by atoms with Crippen LogP contribution in [0.4, 0.5) is 11.6 Å². The highest BCUT2D eigenvalue weighted by molar-refractivity contribution is 6.30. The summed E-state index contributed by atoms with van der Waals surface area (Å²) in [7, 11) is 1.67. The van der Waals surface area contributed by atoms with E-state index in [0.29, 0.717) is 28.7 Å². The molecule has 4 aromatic rings. The van der Waals surface area contributed by atoms with Crippen LogP contribution in [0.15, 0.2) is 58.1 Å². The highest BCUT2D eigenvalue weighted by atomic mass is 35.5. The smallest absolute Gasteiger partial charge is 0.312 e. The molecule has 8 heteroatoms. The summed E-state index contributed by atoms with van der Waals surface area (Å²) in [6.45, 7) is 3.67. The number of imidazole rings is 1. The maximum Gasteiger partial charge on any atom is 0.332 e. The number of aryl methyl sites for hydroxylation is 3. The Hall–Kier alpha value is -3.32. The molecule has 0 N–H and O–H groups in total. The van der Waals surface area contributed by atoms with Gasteiger partial charge in [0, 0.05) is 30.8 Å². The Morgan fingerprint density at radius 2 is 1.84 bits per heavy atom. The molecule has 1 aliphatic heterocycles.